The van der Waals surface area contributed by atoms with Crippen molar-refractivity contribution in [2.45, 2.75) is 25.1 Å². The van der Waals surface area contributed by atoms with E-state index in [0.717, 1.165) is 37.2 Å². The molecule has 2 aromatic heterocycles. The monoisotopic (exact) mass is 500 g/mol. The number of anilines is 3. The van der Waals surface area contributed by atoms with E-state index in [9.17, 15) is 18.0 Å². The molecule has 0 radical (unpaired) electrons. The second-order valence-corrected chi connectivity index (χ2v) is 8.44. The highest BCUT2D eigenvalue weighted by atomic mass is 19.4. The number of carbonyl (C=O) groups is 1. The standard InChI is InChI=1S/C24H23F3N6O3/c1-35-20-12-19(29-22(31-20)36-2)30-23(34)33-16-7-4-10-32(13-16)18-9-8-17(28-21(18)33)14-5-3-6-15(11-14)24(25,26)27/h3,5-6,8-9,11-12,16H,4,7,10,13H2,1-2H3,(H,29,30,31,34)/t16-/m0/s1. The van der Waals surface area contributed by atoms with Gasteiger partial charge in [-0.1, -0.05) is 12.1 Å². The Labute approximate surface area is 204 Å². The molecule has 3 aromatic rings. The molecule has 1 N–H and O–H groups in total. The van der Waals surface area contributed by atoms with Gasteiger partial charge in [0.05, 0.1) is 37.2 Å². The molecular formula is C24H23F3N6O3. The molecule has 2 amide bonds. The lowest BCUT2D eigenvalue weighted by molar-refractivity contribution is -0.137. The van der Waals surface area contributed by atoms with E-state index in [1.165, 1.54) is 26.4 Å². The summed E-state index contributed by atoms with van der Waals surface area (Å²) in [6.07, 6.45) is -2.83. The molecule has 1 fully saturated rings. The Hall–Kier alpha value is -4.09. The highest BCUT2D eigenvalue weighted by molar-refractivity contribution is 6.04. The van der Waals surface area contributed by atoms with Crippen LogP contribution in [0.5, 0.6) is 11.9 Å². The third-order valence-electron chi connectivity index (χ3n) is 6.20. The van der Waals surface area contributed by atoms with Crippen LogP contribution in [0.1, 0.15) is 18.4 Å². The van der Waals surface area contributed by atoms with Crippen LogP contribution in [0.3, 0.4) is 0 Å². The van der Waals surface area contributed by atoms with E-state index < -0.39 is 17.8 Å². The van der Waals surface area contributed by atoms with Gasteiger partial charge in [0.15, 0.2) is 5.82 Å². The second-order valence-electron chi connectivity index (χ2n) is 8.44. The second kappa shape index (κ2) is 9.17. The van der Waals surface area contributed by atoms with Gasteiger partial charge in [-0.3, -0.25) is 10.2 Å². The summed E-state index contributed by atoms with van der Waals surface area (Å²) in [5.74, 6) is 0.772. The first-order valence-electron chi connectivity index (χ1n) is 11.3. The molecule has 1 saturated heterocycles. The molecule has 2 bridgehead atoms. The molecular weight excluding hydrogens is 477 g/mol. The summed E-state index contributed by atoms with van der Waals surface area (Å²) in [5.41, 5.74) is 0.629. The van der Waals surface area contributed by atoms with E-state index in [4.69, 9.17) is 9.47 Å². The number of pyridine rings is 1. The molecule has 2 aliphatic heterocycles. The summed E-state index contributed by atoms with van der Waals surface area (Å²) in [6.45, 7) is 1.44. The van der Waals surface area contributed by atoms with Gasteiger partial charge in [-0.25, -0.2) is 9.78 Å². The smallest absolute Gasteiger partial charge is 0.416 e. The van der Waals surface area contributed by atoms with Crippen molar-refractivity contribution in [1.29, 1.82) is 0 Å². The molecule has 1 atom stereocenters. The number of carbonyl (C=O) groups excluding carboxylic acids is 1. The molecule has 0 unspecified atom stereocenters. The van der Waals surface area contributed by atoms with Crippen molar-refractivity contribution in [3.8, 4) is 23.1 Å². The van der Waals surface area contributed by atoms with Crippen molar-refractivity contribution in [1.82, 2.24) is 15.0 Å². The van der Waals surface area contributed by atoms with Gasteiger partial charge < -0.3 is 14.4 Å². The van der Waals surface area contributed by atoms with Crippen LogP contribution < -0.4 is 24.6 Å². The molecule has 12 heteroatoms. The Bertz CT molecular complexity index is 1280. The zero-order valence-corrected chi connectivity index (χ0v) is 19.5. The summed E-state index contributed by atoms with van der Waals surface area (Å²) in [4.78, 5) is 30.1. The number of fused-ring (bicyclic) bond motifs is 4. The van der Waals surface area contributed by atoms with Gasteiger partial charge in [-0.15, -0.1) is 0 Å². The molecule has 1 aromatic carbocycles. The largest absolute Gasteiger partial charge is 0.481 e. The fourth-order valence-corrected chi connectivity index (χ4v) is 4.53. The molecule has 188 valence electrons. The molecule has 0 aliphatic carbocycles. The van der Waals surface area contributed by atoms with Crippen LogP contribution >= 0.6 is 0 Å². The Morgan fingerprint density at radius 3 is 2.67 bits per heavy atom. The topological polar surface area (TPSA) is 92.7 Å². The number of urea groups is 1. The van der Waals surface area contributed by atoms with Gasteiger partial charge in [0, 0.05) is 24.7 Å². The summed E-state index contributed by atoms with van der Waals surface area (Å²) in [5, 5.41) is 2.76. The third kappa shape index (κ3) is 4.45. The lowest BCUT2D eigenvalue weighted by Gasteiger charge is -2.45. The fourth-order valence-electron chi connectivity index (χ4n) is 4.53. The van der Waals surface area contributed by atoms with Crippen molar-refractivity contribution in [2.75, 3.05) is 42.4 Å². The minimum absolute atomic E-state index is 0.0255. The Morgan fingerprint density at radius 1 is 1.08 bits per heavy atom. The number of benzene rings is 1. The van der Waals surface area contributed by atoms with Crippen LogP contribution in [0, 0.1) is 0 Å². The van der Waals surface area contributed by atoms with Crippen LogP contribution in [0.25, 0.3) is 11.3 Å². The molecule has 0 saturated carbocycles. The van der Waals surface area contributed by atoms with Crippen LogP contribution in [0.4, 0.5) is 35.3 Å². The Morgan fingerprint density at radius 2 is 1.92 bits per heavy atom. The zero-order chi connectivity index (χ0) is 25.4. The van der Waals surface area contributed by atoms with Crippen LogP contribution in [-0.2, 0) is 6.18 Å². The number of aromatic nitrogens is 3. The van der Waals surface area contributed by atoms with Crippen LogP contribution in [-0.4, -0.2) is 54.3 Å². The predicted octanol–water partition coefficient (Wildman–Crippen LogP) is 4.60. The van der Waals surface area contributed by atoms with E-state index in [1.807, 2.05) is 0 Å². The number of methoxy groups -OCH3 is 2. The third-order valence-corrected chi connectivity index (χ3v) is 6.20. The Balaban J connectivity index is 1.53. The van der Waals surface area contributed by atoms with Crippen molar-refractivity contribution in [3.05, 3.63) is 48.0 Å². The molecule has 2 aliphatic rings. The predicted molar refractivity (Wildman–Crippen MR) is 127 cm³/mol. The maximum Gasteiger partial charge on any atom is 0.416 e. The van der Waals surface area contributed by atoms with Gasteiger partial charge >= 0.3 is 18.2 Å². The molecule has 0 spiro atoms. The molecule has 5 rings (SSSR count). The fraction of sp³-hybridized carbons (Fsp3) is 0.333. The Kier molecular flexibility index (Phi) is 6.02. The number of hydrogen-bond acceptors (Lipinski definition) is 7. The van der Waals surface area contributed by atoms with Crippen LogP contribution in [0.2, 0.25) is 0 Å². The summed E-state index contributed by atoms with van der Waals surface area (Å²) >= 11 is 0. The first-order valence-corrected chi connectivity index (χ1v) is 11.3. The van der Waals surface area contributed by atoms with Gasteiger partial charge in [0.2, 0.25) is 5.88 Å². The number of halogens is 3. The number of nitrogens with zero attached hydrogens (tertiary/aromatic N) is 5. The maximum atomic E-state index is 13.5. The van der Waals surface area contributed by atoms with E-state index in [1.54, 1.807) is 23.1 Å². The highest BCUT2D eigenvalue weighted by Gasteiger charge is 2.39. The summed E-state index contributed by atoms with van der Waals surface area (Å²) in [6, 6.07) is 9.32. The van der Waals surface area contributed by atoms with Crippen molar-refractivity contribution >= 4 is 23.4 Å². The van der Waals surface area contributed by atoms with Crippen LogP contribution in [0.15, 0.2) is 42.5 Å². The average molecular weight is 500 g/mol. The number of piperidine rings is 1. The molecule has 4 heterocycles. The quantitative estimate of drug-likeness (QED) is 0.560. The summed E-state index contributed by atoms with van der Waals surface area (Å²) in [7, 11) is 2.83. The lowest BCUT2D eigenvalue weighted by atomic mass is 9.99. The summed E-state index contributed by atoms with van der Waals surface area (Å²) < 4.78 is 50.1. The SMILES string of the molecule is COc1cc(NC(=O)N2c3nc(-c4cccc(C(F)(F)F)c4)ccc3N3CCC[C@H]2C3)nc(OC)n1. The van der Waals surface area contributed by atoms with E-state index in [0.29, 0.717) is 23.6 Å². The minimum Gasteiger partial charge on any atom is -0.481 e. The van der Waals surface area contributed by atoms with E-state index in [-0.39, 0.29) is 23.8 Å². The number of nitrogens with one attached hydrogen (secondary N) is 1. The normalized spacial score (nSPS) is 16.9. The number of ether oxygens (including phenoxy) is 2. The lowest BCUT2D eigenvalue weighted by Crippen LogP contribution is -2.56. The molecule has 36 heavy (non-hydrogen) atoms. The average Bonchev–Trinajstić information content (AvgIpc) is 2.88. The van der Waals surface area contributed by atoms with Gasteiger partial charge in [-0.05, 0) is 37.1 Å². The number of alkyl halides is 3. The van der Waals surface area contributed by atoms with Crippen molar-refractivity contribution in [3.63, 3.8) is 0 Å². The zero-order valence-electron chi connectivity index (χ0n) is 19.5. The first kappa shape index (κ1) is 23.6. The number of rotatable bonds is 4. The minimum atomic E-state index is -4.47. The van der Waals surface area contributed by atoms with Crippen molar-refractivity contribution in [2.24, 2.45) is 0 Å². The van der Waals surface area contributed by atoms with Gasteiger partial charge in [-0.2, -0.15) is 23.1 Å². The highest BCUT2D eigenvalue weighted by Crippen LogP contribution is 2.40. The number of amides is 2. The van der Waals surface area contributed by atoms with E-state index in [2.05, 4.69) is 25.2 Å². The van der Waals surface area contributed by atoms with Crippen molar-refractivity contribution < 1.29 is 27.4 Å². The molecule has 9 nitrogen and oxygen atoms in total. The van der Waals surface area contributed by atoms with E-state index >= 15 is 0 Å². The first-order chi connectivity index (χ1) is 17.3. The number of hydrogen-bond donors (Lipinski definition) is 1. The maximum absolute atomic E-state index is 13.5. The van der Waals surface area contributed by atoms with Gasteiger partial charge in [0.25, 0.3) is 0 Å². The van der Waals surface area contributed by atoms with Gasteiger partial charge in [0.1, 0.15) is 5.82 Å².